The first-order chi connectivity index (χ1) is 17.0. The molecule has 1 saturated carbocycles. The second-order valence-corrected chi connectivity index (χ2v) is 9.13. The van der Waals surface area contributed by atoms with Crippen molar-refractivity contribution in [1.82, 2.24) is 9.58 Å². The van der Waals surface area contributed by atoms with Crippen LogP contribution in [0.4, 0.5) is 8.78 Å². The van der Waals surface area contributed by atoms with Crippen LogP contribution in [0.25, 0.3) is 0 Å². The molecule has 6 rings (SSSR count). The summed E-state index contributed by atoms with van der Waals surface area (Å²) >= 11 is 0. The van der Waals surface area contributed by atoms with Gasteiger partial charge in [0.05, 0.1) is 6.61 Å². The molecule has 3 aliphatic rings. The average Bonchev–Trinajstić information content (AvgIpc) is 2.81. The number of pyridine rings is 1. The summed E-state index contributed by atoms with van der Waals surface area (Å²) in [5.74, 6) is -2.88. The zero-order valence-corrected chi connectivity index (χ0v) is 18.7. The van der Waals surface area contributed by atoms with Gasteiger partial charge in [-0.1, -0.05) is 30.3 Å². The first kappa shape index (κ1) is 21.6. The van der Waals surface area contributed by atoms with Gasteiger partial charge < -0.3 is 14.7 Å². The van der Waals surface area contributed by atoms with Crippen molar-refractivity contribution in [2.24, 2.45) is 0 Å². The van der Waals surface area contributed by atoms with E-state index < -0.39 is 40.9 Å². The number of hydrogen-bond acceptors (Lipinski definition) is 5. The van der Waals surface area contributed by atoms with Crippen LogP contribution < -0.4 is 15.2 Å². The molecule has 2 aromatic carbocycles. The second kappa shape index (κ2) is 8.11. The van der Waals surface area contributed by atoms with Crippen molar-refractivity contribution in [3.05, 3.63) is 93.4 Å². The lowest BCUT2D eigenvalue weighted by molar-refractivity contribution is 0.0213. The summed E-state index contributed by atoms with van der Waals surface area (Å²) in [4.78, 5) is 27.8. The minimum atomic E-state index is -1.02. The smallest absolute Gasteiger partial charge is 0.278 e. The van der Waals surface area contributed by atoms with Crippen molar-refractivity contribution in [2.75, 3.05) is 11.6 Å². The Kier molecular flexibility index (Phi) is 5.01. The maximum Gasteiger partial charge on any atom is 0.278 e. The van der Waals surface area contributed by atoms with E-state index in [2.05, 4.69) is 0 Å². The highest BCUT2D eigenvalue weighted by Gasteiger charge is 2.48. The highest BCUT2D eigenvalue weighted by atomic mass is 19.2. The maximum absolute atomic E-state index is 14.6. The molecule has 0 spiro atoms. The SMILES string of the molecule is O=C1c2c(O)c(=O)ccn2N2[C@H](c3ccccc3)c3cc(F)c(F)cc3OCC[C@H]2N1C1CCC1. The normalized spacial score (nSPS) is 21.7. The van der Waals surface area contributed by atoms with Crippen molar-refractivity contribution in [3.63, 3.8) is 0 Å². The highest BCUT2D eigenvalue weighted by molar-refractivity contribution is 5.96. The highest BCUT2D eigenvalue weighted by Crippen LogP contribution is 2.43. The van der Waals surface area contributed by atoms with E-state index in [0.29, 0.717) is 12.0 Å². The van der Waals surface area contributed by atoms with Gasteiger partial charge in [0.25, 0.3) is 5.91 Å². The standard InChI is InChI=1S/C26H23F2N3O4/c27-18-13-17-21(14-19(18)28)35-12-10-22-30(16-7-4-8-16)26(34)24-25(33)20(32)9-11-29(24)31(22)23(17)15-5-2-1-3-6-15/h1-3,5-6,9,11,13-14,16,22-23,33H,4,7-8,10,12H2/t22-,23+/m0/s1. The summed E-state index contributed by atoms with van der Waals surface area (Å²) < 4.78 is 36.2. The molecule has 0 bridgehead atoms. The summed E-state index contributed by atoms with van der Waals surface area (Å²) in [6.45, 7) is 0.165. The molecule has 1 N–H and O–H groups in total. The Hall–Kier alpha value is -3.88. The van der Waals surface area contributed by atoms with E-state index in [1.807, 2.05) is 35.3 Å². The van der Waals surface area contributed by atoms with Gasteiger partial charge in [0, 0.05) is 36.4 Å². The molecule has 0 unspecified atom stereocenters. The number of rotatable bonds is 2. The number of ether oxygens (including phenoxy) is 1. The van der Waals surface area contributed by atoms with Crippen molar-refractivity contribution in [1.29, 1.82) is 0 Å². The molecule has 1 fully saturated rings. The second-order valence-electron chi connectivity index (χ2n) is 9.13. The van der Waals surface area contributed by atoms with Gasteiger partial charge in [-0.3, -0.25) is 19.3 Å². The predicted molar refractivity (Wildman–Crippen MR) is 123 cm³/mol. The number of nitrogens with zero attached hydrogens (tertiary/aromatic N) is 3. The molecule has 3 aromatic rings. The first-order valence-corrected chi connectivity index (χ1v) is 11.7. The molecule has 180 valence electrons. The van der Waals surface area contributed by atoms with Crippen molar-refractivity contribution in [3.8, 4) is 11.5 Å². The third-order valence-corrected chi connectivity index (χ3v) is 7.20. The van der Waals surface area contributed by atoms with Gasteiger partial charge in [0.2, 0.25) is 5.43 Å². The van der Waals surface area contributed by atoms with Crippen molar-refractivity contribution >= 4 is 5.91 Å². The van der Waals surface area contributed by atoms with E-state index in [1.54, 1.807) is 4.90 Å². The van der Waals surface area contributed by atoms with E-state index in [-0.39, 0.29) is 24.1 Å². The fourth-order valence-electron chi connectivity index (χ4n) is 5.35. The van der Waals surface area contributed by atoms with Crippen LogP contribution in [0, 0.1) is 11.6 Å². The van der Waals surface area contributed by atoms with Gasteiger partial charge in [0.15, 0.2) is 23.1 Å². The van der Waals surface area contributed by atoms with Gasteiger partial charge in [-0.05, 0) is 30.9 Å². The Balaban J connectivity index is 1.66. The lowest BCUT2D eigenvalue weighted by atomic mass is 9.89. The zero-order valence-electron chi connectivity index (χ0n) is 18.7. The number of amides is 1. The summed E-state index contributed by atoms with van der Waals surface area (Å²) in [5, 5.41) is 12.6. The van der Waals surface area contributed by atoms with E-state index in [4.69, 9.17) is 4.74 Å². The number of aromatic nitrogens is 1. The summed E-state index contributed by atoms with van der Waals surface area (Å²) in [7, 11) is 0. The number of fused-ring (bicyclic) bond motifs is 4. The van der Waals surface area contributed by atoms with Gasteiger partial charge in [-0.15, -0.1) is 0 Å². The van der Waals surface area contributed by atoms with Gasteiger partial charge in [-0.2, -0.15) is 0 Å². The molecule has 0 saturated heterocycles. The third-order valence-electron chi connectivity index (χ3n) is 7.20. The van der Waals surface area contributed by atoms with Gasteiger partial charge >= 0.3 is 0 Å². The van der Waals surface area contributed by atoms with Crippen LogP contribution in [-0.4, -0.2) is 39.4 Å². The largest absolute Gasteiger partial charge is 0.502 e. The Labute approximate surface area is 199 Å². The van der Waals surface area contributed by atoms with Crippen molar-refractivity contribution < 1.29 is 23.4 Å². The molecule has 1 aliphatic carbocycles. The monoisotopic (exact) mass is 479 g/mol. The fourth-order valence-corrected chi connectivity index (χ4v) is 5.35. The Bertz CT molecular complexity index is 1370. The lowest BCUT2D eigenvalue weighted by Gasteiger charge is -2.54. The molecule has 35 heavy (non-hydrogen) atoms. The fraction of sp³-hybridized carbons (Fsp3) is 0.308. The number of carbonyl (C=O) groups excluding carboxylic acids is 1. The summed E-state index contributed by atoms with van der Waals surface area (Å²) in [5.41, 5.74) is 0.345. The lowest BCUT2D eigenvalue weighted by Crippen LogP contribution is -2.66. The van der Waals surface area contributed by atoms with E-state index in [0.717, 1.165) is 37.0 Å². The Morgan fingerprint density at radius 1 is 0.971 bits per heavy atom. The topological polar surface area (TPSA) is 75.0 Å². The van der Waals surface area contributed by atoms with E-state index in [9.17, 15) is 23.5 Å². The number of halogens is 2. The number of carbonyl (C=O) groups is 1. The van der Waals surface area contributed by atoms with Crippen LogP contribution in [0.5, 0.6) is 11.5 Å². The molecule has 3 heterocycles. The maximum atomic E-state index is 14.6. The Morgan fingerprint density at radius 2 is 1.71 bits per heavy atom. The third kappa shape index (κ3) is 3.29. The number of hydrogen-bond donors (Lipinski definition) is 1. The molecule has 2 atom stereocenters. The summed E-state index contributed by atoms with van der Waals surface area (Å²) in [6, 6.07) is 11.9. The van der Waals surface area contributed by atoms with Crippen molar-refractivity contribution in [2.45, 2.75) is 43.9 Å². The van der Waals surface area contributed by atoms with E-state index >= 15 is 0 Å². The quantitative estimate of drug-likeness (QED) is 0.607. The minimum Gasteiger partial charge on any atom is -0.502 e. The van der Waals surface area contributed by atoms with Gasteiger partial charge in [0.1, 0.15) is 18.0 Å². The molecule has 0 radical (unpaired) electrons. The molecular weight excluding hydrogens is 456 g/mol. The Morgan fingerprint density at radius 3 is 2.43 bits per heavy atom. The first-order valence-electron chi connectivity index (χ1n) is 11.7. The van der Waals surface area contributed by atoms with Crippen LogP contribution in [-0.2, 0) is 0 Å². The van der Waals surface area contributed by atoms with Crippen LogP contribution in [0.2, 0.25) is 0 Å². The molecule has 1 aromatic heterocycles. The molecule has 2 aliphatic heterocycles. The molecule has 7 nitrogen and oxygen atoms in total. The van der Waals surface area contributed by atoms with Crippen LogP contribution >= 0.6 is 0 Å². The van der Waals surface area contributed by atoms with Crippen LogP contribution in [0.15, 0.2) is 59.5 Å². The predicted octanol–water partition coefficient (Wildman–Crippen LogP) is 3.68. The van der Waals surface area contributed by atoms with Crippen LogP contribution in [0.1, 0.15) is 53.3 Å². The van der Waals surface area contributed by atoms with Gasteiger partial charge in [-0.25, -0.2) is 8.78 Å². The molecule has 1 amide bonds. The number of aromatic hydroxyl groups is 1. The molecular formula is C26H23F2N3O4. The van der Waals surface area contributed by atoms with Crippen LogP contribution in [0.3, 0.4) is 0 Å². The van der Waals surface area contributed by atoms with E-state index in [1.165, 1.54) is 16.9 Å². The number of benzene rings is 2. The molecule has 9 heteroatoms. The average molecular weight is 479 g/mol. The minimum absolute atomic E-state index is 0.0567. The summed E-state index contributed by atoms with van der Waals surface area (Å²) in [6.07, 6.45) is 3.92. The zero-order chi connectivity index (χ0) is 24.3.